The van der Waals surface area contributed by atoms with E-state index in [0.29, 0.717) is 12.5 Å². The maximum absolute atomic E-state index is 11.6. The lowest BCUT2D eigenvalue weighted by molar-refractivity contribution is -0.145. The van der Waals surface area contributed by atoms with Crippen molar-refractivity contribution in [1.29, 1.82) is 0 Å². The van der Waals surface area contributed by atoms with Gasteiger partial charge in [0.1, 0.15) is 0 Å². The zero-order valence-electron chi connectivity index (χ0n) is 9.26. The van der Waals surface area contributed by atoms with Crippen molar-refractivity contribution < 1.29 is 9.53 Å². The largest absolute Gasteiger partial charge is 0.465 e. The molecule has 2 nitrogen and oxygen atoms in total. The van der Waals surface area contributed by atoms with Crippen LogP contribution < -0.4 is 0 Å². The zero-order chi connectivity index (χ0) is 11.4. The topological polar surface area (TPSA) is 26.3 Å². The SMILES string of the molecule is C=CCCOC(=O)[C@@H]1C[C@H]1c1ccccc1. The van der Waals surface area contributed by atoms with Crippen molar-refractivity contribution in [2.24, 2.45) is 5.92 Å². The average molecular weight is 216 g/mol. The fourth-order valence-electron chi connectivity index (χ4n) is 1.87. The molecule has 1 aromatic carbocycles. The predicted molar refractivity (Wildman–Crippen MR) is 63.1 cm³/mol. The van der Waals surface area contributed by atoms with Crippen LogP contribution in [0.2, 0.25) is 0 Å². The van der Waals surface area contributed by atoms with E-state index in [9.17, 15) is 4.79 Å². The summed E-state index contributed by atoms with van der Waals surface area (Å²) >= 11 is 0. The van der Waals surface area contributed by atoms with E-state index in [1.165, 1.54) is 5.56 Å². The molecule has 2 atom stereocenters. The lowest BCUT2D eigenvalue weighted by Crippen LogP contribution is -2.08. The Labute approximate surface area is 95.9 Å². The molecule has 1 aliphatic rings. The van der Waals surface area contributed by atoms with Gasteiger partial charge in [-0.15, -0.1) is 6.58 Å². The van der Waals surface area contributed by atoms with Gasteiger partial charge in [0.15, 0.2) is 0 Å². The summed E-state index contributed by atoms with van der Waals surface area (Å²) in [7, 11) is 0. The highest BCUT2D eigenvalue weighted by molar-refractivity contribution is 5.77. The number of carbonyl (C=O) groups is 1. The third kappa shape index (κ3) is 2.51. The lowest BCUT2D eigenvalue weighted by Gasteiger charge is -2.02. The highest BCUT2D eigenvalue weighted by atomic mass is 16.5. The highest BCUT2D eigenvalue weighted by Crippen LogP contribution is 2.47. The van der Waals surface area contributed by atoms with Crippen LogP contribution >= 0.6 is 0 Å². The van der Waals surface area contributed by atoms with Gasteiger partial charge in [0.05, 0.1) is 12.5 Å². The summed E-state index contributed by atoms with van der Waals surface area (Å²) in [6.45, 7) is 4.05. The van der Waals surface area contributed by atoms with E-state index in [2.05, 4.69) is 18.7 Å². The van der Waals surface area contributed by atoms with E-state index in [4.69, 9.17) is 4.74 Å². The first-order valence-corrected chi connectivity index (χ1v) is 5.65. The maximum atomic E-state index is 11.6. The number of esters is 1. The van der Waals surface area contributed by atoms with Gasteiger partial charge in [-0.25, -0.2) is 0 Å². The minimum absolute atomic E-state index is 0.0595. The number of hydrogen-bond donors (Lipinski definition) is 0. The van der Waals surface area contributed by atoms with Crippen LogP contribution in [0.1, 0.15) is 24.3 Å². The Hall–Kier alpha value is -1.57. The predicted octanol–water partition coefficient (Wildman–Crippen LogP) is 2.91. The molecule has 84 valence electrons. The highest BCUT2D eigenvalue weighted by Gasteiger charge is 2.44. The minimum Gasteiger partial charge on any atom is -0.465 e. The number of carbonyl (C=O) groups excluding carboxylic acids is 1. The molecule has 1 aromatic rings. The van der Waals surface area contributed by atoms with Crippen LogP contribution in [0.15, 0.2) is 43.0 Å². The molecule has 2 rings (SSSR count). The van der Waals surface area contributed by atoms with E-state index in [0.717, 1.165) is 12.8 Å². The molecule has 0 bridgehead atoms. The molecule has 0 aliphatic heterocycles. The summed E-state index contributed by atoms with van der Waals surface area (Å²) in [6.07, 6.45) is 3.42. The molecular weight excluding hydrogens is 200 g/mol. The van der Waals surface area contributed by atoms with Gasteiger partial charge in [0.25, 0.3) is 0 Å². The quantitative estimate of drug-likeness (QED) is 0.430. The molecule has 2 heteroatoms. The first-order valence-electron chi connectivity index (χ1n) is 5.65. The van der Waals surface area contributed by atoms with Crippen molar-refractivity contribution in [3.8, 4) is 0 Å². The first kappa shape index (κ1) is 10.9. The Balaban J connectivity index is 1.82. The second-order valence-electron chi connectivity index (χ2n) is 4.10. The molecule has 1 aliphatic carbocycles. The second-order valence-corrected chi connectivity index (χ2v) is 4.10. The van der Waals surface area contributed by atoms with Crippen molar-refractivity contribution >= 4 is 5.97 Å². The van der Waals surface area contributed by atoms with Crippen LogP contribution in [0.25, 0.3) is 0 Å². The van der Waals surface area contributed by atoms with Crippen LogP contribution in [0.4, 0.5) is 0 Å². The molecule has 0 spiro atoms. The molecule has 16 heavy (non-hydrogen) atoms. The number of benzene rings is 1. The van der Waals surface area contributed by atoms with Crippen molar-refractivity contribution in [1.82, 2.24) is 0 Å². The number of rotatable bonds is 5. The van der Waals surface area contributed by atoms with Crippen LogP contribution in [0.5, 0.6) is 0 Å². The average Bonchev–Trinajstić information content (AvgIpc) is 3.10. The van der Waals surface area contributed by atoms with Crippen LogP contribution in [0.3, 0.4) is 0 Å². The fourth-order valence-corrected chi connectivity index (χ4v) is 1.87. The minimum atomic E-state index is -0.0595. The standard InChI is InChI=1S/C14H16O2/c1-2-3-9-16-14(15)13-10-12(13)11-7-5-4-6-8-11/h2,4-8,12-13H,1,3,9-10H2/t12-,13+/m0/s1. The smallest absolute Gasteiger partial charge is 0.309 e. The van der Waals surface area contributed by atoms with Gasteiger partial charge < -0.3 is 4.74 Å². The van der Waals surface area contributed by atoms with Crippen LogP contribution in [0, 0.1) is 5.92 Å². The Kier molecular flexibility index (Phi) is 3.40. The Morgan fingerprint density at radius 1 is 1.44 bits per heavy atom. The second kappa shape index (κ2) is 4.97. The third-order valence-electron chi connectivity index (χ3n) is 2.89. The molecule has 0 amide bonds. The molecule has 0 saturated heterocycles. The molecule has 1 saturated carbocycles. The third-order valence-corrected chi connectivity index (χ3v) is 2.89. The molecule has 0 heterocycles. The van der Waals surface area contributed by atoms with Crippen LogP contribution in [-0.2, 0) is 9.53 Å². The summed E-state index contributed by atoms with van der Waals surface area (Å²) in [5.41, 5.74) is 1.24. The molecule has 0 N–H and O–H groups in total. The van der Waals surface area contributed by atoms with Gasteiger partial charge in [0.2, 0.25) is 0 Å². The normalized spacial score (nSPS) is 22.5. The summed E-state index contributed by atoms with van der Waals surface area (Å²) in [4.78, 5) is 11.6. The fraction of sp³-hybridized carbons (Fsp3) is 0.357. The van der Waals surface area contributed by atoms with E-state index in [1.54, 1.807) is 6.08 Å². The van der Waals surface area contributed by atoms with Crippen molar-refractivity contribution in [2.75, 3.05) is 6.61 Å². The van der Waals surface area contributed by atoms with Gasteiger partial charge in [-0.05, 0) is 24.3 Å². The lowest BCUT2D eigenvalue weighted by atomic mass is 10.1. The van der Waals surface area contributed by atoms with Crippen LogP contribution in [-0.4, -0.2) is 12.6 Å². The molecule has 0 radical (unpaired) electrons. The summed E-state index contributed by atoms with van der Waals surface area (Å²) in [5.74, 6) is 0.389. The van der Waals surface area contributed by atoms with Gasteiger partial charge in [-0.3, -0.25) is 4.79 Å². The van der Waals surface area contributed by atoms with E-state index >= 15 is 0 Å². The Morgan fingerprint density at radius 2 is 2.19 bits per heavy atom. The van der Waals surface area contributed by atoms with Crippen molar-refractivity contribution in [2.45, 2.75) is 18.8 Å². The maximum Gasteiger partial charge on any atom is 0.309 e. The first-order chi connectivity index (χ1) is 7.83. The molecular formula is C14H16O2. The van der Waals surface area contributed by atoms with Crippen molar-refractivity contribution in [3.05, 3.63) is 48.6 Å². The summed E-state index contributed by atoms with van der Waals surface area (Å²) < 4.78 is 5.15. The van der Waals surface area contributed by atoms with Gasteiger partial charge in [-0.2, -0.15) is 0 Å². The van der Waals surface area contributed by atoms with Crippen molar-refractivity contribution in [3.63, 3.8) is 0 Å². The summed E-state index contributed by atoms with van der Waals surface area (Å²) in [5, 5.41) is 0. The van der Waals surface area contributed by atoms with Gasteiger partial charge in [-0.1, -0.05) is 36.4 Å². The van der Waals surface area contributed by atoms with E-state index in [-0.39, 0.29) is 11.9 Å². The monoisotopic (exact) mass is 216 g/mol. The van der Waals surface area contributed by atoms with E-state index in [1.807, 2.05) is 18.2 Å². The van der Waals surface area contributed by atoms with Gasteiger partial charge >= 0.3 is 5.97 Å². The van der Waals surface area contributed by atoms with E-state index < -0.39 is 0 Å². The molecule has 1 fully saturated rings. The Bertz CT molecular complexity index is 370. The number of ether oxygens (including phenoxy) is 1. The Morgan fingerprint density at radius 3 is 2.88 bits per heavy atom. The molecule has 0 aromatic heterocycles. The number of hydrogen-bond acceptors (Lipinski definition) is 2. The molecule has 0 unspecified atom stereocenters. The van der Waals surface area contributed by atoms with Gasteiger partial charge in [0, 0.05) is 0 Å². The summed E-state index contributed by atoms with van der Waals surface area (Å²) in [6, 6.07) is 10.1. The zero-order valence-corrected chi connectivity index (χ0v) is 9.26.